The lowest BCUT2D eigenvalue weighted by Gasteiger charge is -2.41. The lowest BCUT2D eigenvalue weighted by atomic mass is 9.80. The van der Waals surface area contributed by atoms with Gasteiger partial charge in [-0.2, -0.15) is 0 Å². The van der Waals surface area contributed by atoms with E-state index < -0.39 is 0 Å². The van der Waals surface area contributed by atoms with Crippen molar-refractivity contribution in [2.45, 2.75) is 38.1 Å². The molecular formula is C18H28ClFN2O. The Labute approximate surface area is 145 Å². The number of benzene rings is 1. The summed E-state index contributed by atoms with van der Waals surface area (Å²) in [6.07, 6.45) is 6.34. The van der Waals surface area contributed by atoms with Gasteiger partial charge >= 0.3 is 0 Å². The summed E-state index contributed by atoms with van der Waals surface area (Å²) in [4.78, 5) is 2.48. The Kier molecular flexibility index (Phi) is 7.12. The number of methoxy groups -OCH3 is 1. The predicted octanol–water partition coefficient (Wildman–Crippen LogP) is 3.78. The molecule has 1 aliphatic heterocycles. The van der Waals surface area contributed by atoms with Crippen LogP contribution in [0.2, 0.25) is 0 Å². The summed E-state index contributed by atoms with van der Waals surface area (Å²) in [5, 5.41) is 3.40. The fourth-order valence-electron chi connectivity index (χ4n) is 4.03. The number of hydrogen-bond donors (Lipinski definition) is 1. The fraction of sp³-hybridized carbons (Fsp3) is 0.667. The second-order valence-electron chi connectivity index (χ2n) is 6.52. The lowest BCUT2D eigenvalue weighted by Crippen LogP contribution is -2.47. The van der Waals surface area contributed by atoms with Crippen LogP contribution in [0.1, 0.15) is 43.7 Å². The van der Waals surface area contributed by atoms with E-state index in [1.807, 2.05) is 12.1 Å². The minimum atomic E-state index is -0.117. The van der Waals surface area contributed by atoms with Crippen LogP contribution < -0.4 is 10.1 Å². The molecule has 1 aromatic carbocycles. The number of hydrogen-bond acceptors (Lipinski definition) is 3. The zero-order valence-electron chi connectivity index (χ0n) is 13.9. The van der Waals surface area contributed by atoms with E-state index in [0.29, 0.717) is 11.7 Å². The molecule has 2 fully saturated rings. The summed E-state index contributed by atoms with van der Waals surface area (Å²) < 4.78 is 19.8. The van der Waals surface area contributed by atoms with Crippen molar-refractivity contribution >= 4 is 12.4 Å². The van der Waals surface area contributed by atoms with Crippen molar-refractivity contribution in [3.63, 3.8) is 0 Å². The largest absolute Gasteiger partial charge is 0.497 e. The van der Waals surface area contributed by atoms with Gasteiger partial charge < -0.3 is 10.1 Å². The molecule has 0 spiro atoms. The van der Waals surface area contributed by atoms with Crippen molar-refractivity contribution < 1.29 is 9.13 Å². The Balaban J connectivity index is 0.00000192. The van der Waals surface area contributed by atoms with Gasteiger partial charge in [-0.3, -0.25) is 4.90 Å². The van der Waals surface area contributed by atoms with E-state index in [1.165, 1.54) is 38.2 Å². The van der Waals surface area contributed by atoms with Crippen molar-refractivity contribution in [1.82, 2.24) is 10.2 Å². The van der Waals surface area contributed by atoms with Gasteiger partial charge in [-0.15, -0.1) is 12.4 Å². The maximum Gasteiger partial charge on any atom is 0.131 e. The van der Waals surface area contributed by atoms with Crippen LogP contribution in [0.3, 0.4) is 0 Å². The van der Waals surface area contributed by atoms with Crippen LogP contribution in [0.5, 0.6) is 5.75 Å². The second-order valence-corrected chi connectivity index (χ2v) is 6.52. The first-order valence-corrected chi connectivity index (χ1v) is 8.58. The third-order valence-corrected chi connectivity index (χ3v) is 5.17. The molecule has 130 valence electrons. The number of ether oxygens (including phenoxy) is 1. The number of nitrogens with one attached hydrogen (secondary N) is 1. The van der Waals surface area contributed by atoms with Crippen molar-refractivity contribution in [1.29, 1.82) is 0 Å². The van der Waals surface area contributed by atoms with Crippen LogP contribution in [0.15, 0.2) is 18.2 Å². The maximum absolute atomic E-state index is 14.7. The Morgan fingerprint density at radius 3 is 2.48 bits per heavy atom. The van der Waals surface area contributed by atoms with Crippen LogP contribution >= 0.6 is 12.4 Å². The normalized spacial score (nSPS) is 21.5. The Morgan fingerprint density at radius 2 is 1.87 bits per heavy atom. The van der Waals surface area contributed by atoms with Gasteiger partial charge in [0.25, 0.3) is 0 Å². The van der Waals surface area contributed by atoms with Crippen molar-refractivity contribution in [3.8, 4) is 5.75 Å². The highest BCUT2D eigenvalue weighted by atomic mass is 35.5. The third-order valence-electron chi connectivity index (χ3n) is 5.17. The number of rotatable bonds is 4. The summed E-state index contributed by atoms with van der Waals surface area (Å²) in [5.74, 6) is 1.06. The van der Waals surface area contributed by atoms with E-state index in [9.17, 15) is 4.39 Å². The molecule has 23 heavy (non-hydrogen) atoms. The topological polar surface area (TPSA) is 24.5 Å². The fourth-order valence-corrected chi connectivity index (χ4v) is 4.03. The summed E-state index contributed by atoms with van der Waals surface area (Å²) in [7, 11) is 1.59. The van der Waals surface area contributed by atoms with Crippen LogP contribution in [-0.4, -0.2) is 38.2 Å². The lowest BCUT2D eigenvalue weighted by molar-refractivity contribution is 0.100. The first kappa shape index (κ1) is 18.5. The first-order chi connectivity index (χ1) is 10.8. The predicted molar refractivity (Wildman–Crippen MR) is 94.0 cm³/mol. The zero-order valence-corrected chi connectivity index (χ0v) is 14.7. The van der Waals surface area contributed by atoms with E-state index in [0.717, 1.165) is 31.7 Å². The van der Waals surface area contributed by atoms with Gasteiger partial charge in [0.15, 0.2) is 0 Å². The highest BCUT2D eigenvalue weighted by molar-refractivity contribution is 5.85. The SMILES string of the molecule is COc1ccc([C@@H](C2CCCCC2)N2CCNCC2)c(F)c1.Cl. The Bertz CT molecular complexity index is 470. The molecule has 0 aromatic heterocycles. The van der Waals surface area contributed by atoms with E-state index in [2.05, 4.69) is 10.2 Å². The van der Waals surface area contributed by atoms with Crippen molar-refractivity contribution in [3.05, 3.63) is 29.6 Å². The molecule has 1 N–H and O–H groups in total. The van der Waals surface area contributed by atoms with Crippen molar-refractivity contribution in [2.24, 2.45) is 5.92 Å². The van der Waals surface area contributed by atoms with Crippen molar-refractivity contribution in [2.75, 3.05) is 33.3 Å². The third kappa shape index (κ3) is 4.37. The number of halogens is 2. The van der Waals surface area contributed by atoms with Gasteiger partial charge in [0.05, 0.1) is 7.11 Å². The molecule has 1 aromatic rings. The Morgan fingerprint density at radius 1 is 1.17 bits per heavy atom. The monoisotopic (exact) mass is 342 g/mol. The van der Waals surface area contributed by atoms with Crippen LogP contribution in [0, 0.1) is 11.7 Å². The van der Waals surface area contributed by atoms with Crippen LogP contribution in [0.4, 0.5) is 4.39 Å². The van der Waals surface area contributed by atoms with E-state index in [4.69, 9.17) is 4.74 Å². The molecule has 1 aliphatic carbocycles. The quantitative estimate of drug-likeness (QED) is 0.901. The molecule has 3 nitrogen and oxygen atoms in total. The first-order valence-electron chi connectivity index (χ1n) is 8.58. The van der Waals surface area contributed by atoms with Gasteiger partial charge in [-0.05, 0) is 24.8 Å². The molecule has 1 saturated carbocycles. The van der Waals surface area contributed by atoms with E-state index in [-0.39, 0.29) is 24.3 Å². The summed E-state index contributed by atoms with van der Waals surface area (Å²) in [6, 6.07) is 5.59. The molecule has 0 amide bonds. The number of piperazine rings is 1. The van der Waals surface area contributed by atoms with E-state index >= 15 is 0 Å². The minimum Gasteiger partial charge on any atom is -0.497 e. The summed E-state index contributed by atoms with van der Waals surface area (Å²) in [6.45, 7) is 4.02. The molecule has 0 unspecified atom stereocenters. The minimum absolute atomic E-state index is 0. The number of nitrogens with zero attached hydrogens (tertiary/aromatic N) is 1. The van der Waals surface area contributed by atoms with E-state index in [1.54, 1.807) is 7.11 Å². The molecule has 0 bridgehead atoms. The standard InChI is InChI=1S/C18H27FN2O.ClH/c1-22-15-7-8-16(17(19)13-15)18(14-5-3-2-4-6-14)21-11-9-20-10-12-21;/h7-8,13-14,18,20H,2-6,9-12H2,1H3;1H/t18-;/m1./s1. The Hall–Kier alpha value is -0.840. The van der Waals surface area contributed by atoms with Gasteiger partial charge in [0.2, 0.25) is 0 Å². The highest BCUT2D eigenvalue weighted by Crippen LogP contribution is 2.40. The van der Waals surface area contributed by atoms with Gasteiger partial charge in [-0.1, -0.05) is 25.3 Å². The van der Waals surface area contributed by atoms with Gasteiger partial charge in [0, 0.05) is 43.9 Å². The van der Waals surface area contributed by atoms with Gasteiger partial charge in [0.1, 0.15) is 11.6 Å². The molecule has 1 heterocycles. The molecule has 3 rings (SSSR count). The van der Waals surface area contributed by atoms with Gasteiger partial charge in [-0.25, -0.2) is 4.39 Å². The average Bonchev–Trinajstić information content (AvgIpc) is 2.58. The molecule has 5 heteroatoms. The highest BCUT2D eigenvalue weighted by Gasteiger charge is 2.32. The molecule has 0 radical (unpaired) electrons. The molecule has 1 saturated heterocycles. The molecular weight excluding hydrogens is 315 g/mol. The average molecular weight is 343 g/mol. The summed E-state index contributed by atoms with van der Waals surface area (Å²) in [5.41, 5.74) is 0.856. The maximum atomic E-state index is 14.7. The summed E-state index contributed by atoms with van der Waals surface area (Å²) >= 11 is 0. The zero-order chi connectivity index (χ0) is 15.4. The second kappa shape index (κ2) is 8.86. The molecule has 2 aliphatic rings. The van der Waals surface area contributed by atoms with Crippen LogP contribution in [0.25, 0.3) is 0 Å². The van der Waals surface area contributed by atoms with Crippen LogP contribution in [-0.2, 0) is 0 Å². The molecule has 1 atom stereocenters. The smallest absolute Gasteiger partial charge is 0.131 e.